The van der Waals surface area contributed by atoms with Crippen LogP contribution in [-0.2, 0) is 5.92 Å². The van der Waals surface area contributed by atoms with Crippen LogP contribution in [0.25, 0.3) is 0 Å². The molecule has 90 valence electrons. The minimum Gasteiger partial charge on any atom is -0.496 e. The van der Waals surface area contributed by atoms with Crippen molar-refractivity contribution >= 4 is 0 Å². The van der Waals surface area contributed by atoms with Crippen molar-refractivity contribution in [2.45, 2.75) is 32.7 Å². The van der Waals surface area contributed by atoms with Gasteiger partial charge in [-0.05, 0) is 44.0 Å². The predicted octanol–water partition coefficient (Wildman–Crippen LogP) is 2.75. The first-order valence-corrected chi connectivity index (χ1v) is 5.09. The summed E-state index contributed by atoms with van der Waals surface area (Å²) < 4.78 is 32.6. The van der Waals surface area contributed by atoms with E-state index in [9.17, 15) is 8.78 Å². The van der Waals surface area contributed by atoms with Gasteiger partial charge in [-0.2, -0.15) is 8.78 Å². The number of ether oxygens (including phenoxy) is 1. The zero-order valence-electron chi connectivity index (χ0n) is 9.97. The minimum absolute atomic E-state index is 0.145. The molecule has 4 heteroatoms. The Kier molecular flexibility index (Phi) is 3.53. The number of alkyl halides is 2. The summed E-state index contributed by atoms with van der Waals surface area (Å²) in [6.45, 7) is 4.93. The van der Waals surface area contributed by atoms with Crippen LogP contribution in [0.1, 0.15) is 23.6 Å². The SMILES string of the molecule is COc1cc(C)c(C)cc1C(F)(F)C(C)N. The molecule has 0 amide bonds. The second-order valence-electron chi connectivity index (χ2n) is 4.05. The lowest BCUT2D eigenvalue weighted by atomic mass is 9.97. The Hall–Kier alpha value is -1.16. The molecule has 0 heterocycles. The number of hydrogen-bond acceptors (Lipinski definition) is 2. The van der Waals surface area contributed by atoms with Gasteiger partial charge in [0.25, 0.3) is 5.92 Å². The lowest BCUT2D eigenvalue weighted by Gasteiger charge is -2.23. The van der Waals surface area contributed by atoms with Crippen LogP contribution in [0, 0.1) is 13.8 Å². The summed E-state index contributed by atoms with van der Waals surface area (Å²) in [5.74, 6) is -2.89. The highest BCUT2D eigenvalue weighted by Crippen LogP contribution is 2.38. The smallest absolute Gasteiger partial charge is 0.291 e. The topological polar surface area (TPSA) is 35.2 Å². The van der Waals surface area contributed by atoms with Crippen LogP contribution in [0.2, 0.25) is 0 Å². The fraction of sp³-hybridized carbons (Fsp3) is 0.500. The second kappa shape index (κ2) is 4.37. The van der Waals surface area contributed by atoms with E-state index in [1.54, 1.807) is 13.0 Å². The van der Waals surface area contributed by atoms with Gasteiger partial charge in [-0.15, -0.1) is 0 Å². The summed E-state index contributed by atoms with van der Waals surface area (Å²) in [6.07, 6.45) is 0. The lowest BCUT2D eigenvalue weighted by Crippen LogP contribution is -2.36. The average Bonchev–Trinajstić information content (AvgIpc) is 2.20. The van der Waals surface area contributed by atoms with Gasteiger partial charge in [0.2, 0.25) is 0 Å². The summed E-state index contributed by atoms with van der Waals surface area (Å²) in [7, 11) is 1.38. The molecule has 0 fully saturated rings. The van der Waals surface area contributed by atoms with Crippen LogP contribution in [0.5, 0.6) is 5.75 Å². The Morgan fingerprint density at radius 1 is 1.25 bits per heavy atom. The summed E-state index contributed by atoms with van der Waals surface area (Å²) in [5.41, 5.74) is 6.88. The van der Waals surface area contributed by atoms with Crippen molar-refractivity contribution in [3.05, 3.63) is 28.8 Å². The molecular formula is C12H17F2NO. The van der Waals surface area contributed by atoms with Crippen molar-refractivity contribution in [2.75, 3.05) is 7.11 Å². The maximum atomic E-state index is 13.8. The van der Waals surface area contributed by atoms with Crippen molar-refractivity contribution in [3.63, 3.8) is 0 Å². The average molecular weight is 229 g/mol. The Labute approximate surface area is 94.4 Å². The third-order valence-corrected chi connectivity index (χ3v) is 2.75. The Bertz CT molecular complexity index is 389. The first kappa shape index (κ1) is 12.9. The zero-order chi connectivity index (χ0) is 12.5. The molecule has 1 atom stereocenters. The van der Waals surface area contributed by atoms with Crippen LogP contribution < -0.4 is 10.5 Å². The third-order valence-electron chi connectivity index (χ3n) is 2.75. The van der Waals surface area contributed by atoms with E-state index in [1.807, 2.05) is 6.92 Å². The predicted molar refractivity (Wildman–Crippen MR) is 60.0 cm³/mol. The molecule has 16 heavy (non-hydrogen) atoms. The quantitative estimate of drug-likeness (QED) is 0.865. The fourth-order valence-corrected chi connectivity index (χ4v) is 1.46. The highest BCUT2D eigenvalue weighted by molar-refractivity contribution is 5.44. The summed E-state index contributed by atoms with van der Waals surface area (Å²) in [4.78, 5) is 0. The van der Waals surface area contributed by atoms with Gasteiger partial charge in [0.05, 0.1) is 18.7 Å². The van der Waals surface area contributed by atoms with Crippen LogP contribution in [-0.4, -0.2) is 13.2 Å². The highest BCUT2D eigenvalue weighted by atomic mass is 19.3. The Morgan fingerprint density at radius 3 is 2.19 bits per heavy atom. The maximum Gasteiger partial charge on any atom is 0.291 e. The van der Waals surface area contributed by atoms with Crippen molar-refractivity contribution in [2.24, 2.45) is 5.73 Å². The van der Waals surface area contributed by atoms with Gasteiger partial charge in [0, 0.05) is 0 Å². The number of methoxy groups -OCH3 is 1. The van der Waals surface area contributed by atoms with Gasteiger partial charge in [-0.25, -0.2) is 0 Å². The minimum atomic E-state index is -3.08. The van der Waals surface area contributed by atoms with Crippen molar-refractivity contribution in [1.82, 2.24) is 0 Å². The Balaban J connectivity index is 3.37. The van der Waals surface area contributed by atoms with E-state index in [-0.39, 0.29) is 11.3 Å². The highest BCUT2D eigenvalue weighted by Gasteiger charge is 2.39. The normalized spacial score (nSPS) is 13.7. The molecule has 0 aliphatic rings. The van der Waals surface area contributed by atoms with Gasteiger partial charge in [-0.3, -0.25) is 0 Å². The summed E-state index contributed by atoms with van der Waals surface area (Å²) in [6, 6.07) is 1.81. The number of rotatable bonds is 3. The van der Waals surface area contributed by atoms with Crippen molar-refractivity contribution in [1.29, 1.82) is 0 Å². The molecule has 0 aromatic heterocycles. The van der Waals surface area contributed by atoms with E-state index in [2.05, 4.69) is 0 Å². The molecule has 0 aliphatic heterocycles. The van der Waals surface area contributed by atoms with Crippen molar-refractivity contribution < 1.29 is 13.5 Å². The maximum absolute atomic E-state index is 13.8. The standard InChI is InChI=1S/C12H17F2NO/c1-7-5-10(12(13,14)9(3)15)11(16-4)6-8(7)2/h5-6,9H,15H2,1-4H3. The molecule has 1 aromatic rings. The van der Waals surface area contributed by atoms with E-state index in [1.165, 1.54) is 20.1 Å². The first-order valence-electron chi connectivity index (χ1n) is 5.09. The molecule has 0 radical (unpaired) electrons. The molecule has 2 N–H and O–H groups in total. The van der Waals surface area contributed by atoms with Crippen LogP contribution in [0.15, 0.2) is 12.1 Å². The molecule has 2 nitrogen and oxygen atoms in total. The molecule has 0 bridgehead atoms. The van der Waals surface area contributed by atoms with E-state index in [0.29, 0.717) is 0 Å². The fourth-order valence-electron chi connectivity index (χ4n) is 1.46. The Morgan fingerprint density at radius 2 is 1.75 bits per heavy atom. The van der Waals surface area contributed by atoms with Gasteiger partial charge >= 0.3 is 0 Å². The molecular weight excluding hydrogens is 212 g/mol. The number of hydrogen-bond donors (Lipinski definition) is 1. The molecule has 0 saturated heterocycles. The molecule has 1 unspecified atom stereocenters. The number of halogens is 2. The van der Waals surface area contributed by atoms with Gasteiger partial charge in [0.1, 0.15) is 5.75 Å². The van der Waals surface area contributed by atoms with Gasteiger partial charge in [-0.1, -0.05) is 0 Å². The summed E-state index contributed by atoms with van der Waals surface area (Å²) in [5, 5.41) is 0. The van der Waals surface area contributed by atoms with Gasteiger partial charge in [0.15, 0.2) is 0 Å². The molecule has 0 spiro atoms. The molecule has 0 saturated carbocycles. The monoisotopic (exact) mass is 229 g/mol. The number of nitrogens with two attached hydrogens (primary N) is 1. The van der Waals surface area contributed by atoms with Gasteiger partial charge < -0.3 is 10.5 Å². The van der Waals surface area contributed by atoms with Crippen LogP contribution >= 0.6 is 0 Å². The number of benzene rings is 1. The van der Waals surface area contributed by atoms with E-state index < -0.39 is 12.0 Å². The third kappa shape index (κ3) is 2.16. The first-order chi connectivity index (χ1) is 7.30. The molecule has 0 aliphatic carbocycles. The van der Waals surface area contributed by atoms with E-state index in [4.69, 9.17) is 10.5 Å². The van der Waals surface area contributed by atoms with E-state index >= 15 is 0 Å². The van der Waals surface area contributed by atoms with Crippen LogP contribution in [0.3, 0.4) is 0 Å². The number of aryl methyl sites for hydroxylation is 2. The zero-order valence-corrected chi connectivity index (χ0v) is 9.97. The largest absolute Gasteiger partial charge is 0.496 e. The van der Waals surface area contributed by atoms with Crippen LogP contribution in [0.4, 0.5) is 8.78 Å². The molecule has 1 aromatic carbocycles. The lowest BCUT2D eigenvalue weighted by molar-refractivity contribution is -0.0276. The second-order valence-corrected chi connectivity index (χ2v) is 4.05. The van der Waals surface area contributed by atoms with Crippen molar-refractivity contribution in [3.8, 4) is 5.75 Å². The molecule has 1 rings (SSSR count). The summed E-state index contributed by atoms with van der Waals surface area (Å²) >= 11 is 0. The van der Waals surface area contributed by atoms with E-state index in [0.717, 1.165) is 11.1 Å².